The van der Waals surface area contributed by atoms with Crippen molar-refractivity contribution in [2.45, 2.75) is 59.0 Å². The van der Waals surface area contributed by atoms with Crippen LogP contribution >= 0.6 is 11.8 Å². The molecular formula is C16H24N4O2S. The summed E-state index contributed by atoms with van der Waals surface area (Å²) in [7, 11) is 0. The number of aryl methyl sites for hydroxylation is 1. The molecule has 2 rings (SSSR count). The zero-order chi connectivity index (χ0) is 17.0. The average Bonchev–Trinajstić information content (AvgIpc) is 3.05. The average molecular weight is 336 g/mol. The van der Waals surface area contributed by atoms with E-state index in [1.165, 1.54) is 11.8 Å². The van der Waals surface area contributed by atoms with Crippen LogP contribution in [0.3, 0.4) is 0 Å². The van der Waals surface area contributed by atoms with Crippen LogP contribution in [0.1, 0.15) is 47.8 Å². The molecule has 0 amide bonds. The summed E-state index contributed by atoms with van der Waals surface area (Å²) in [5.41, 5.74) is 2.90. The van der Waals surface area contributed by atoms with Gasteiger partial charge >= 0.3 is 0 Å². The molecule has 0 aliphatic heterocycles. The van der Waals surface area contributed by atoms with Crippen LogP contribution in [0.25, 0.3) is 0 Å². The Morgan fingerprint density at radius 2 is 2.00 bits per heavy atom. The maximum Gasteiger partial charge on any atom is 0.191 e. The largest absolute Gasteiger partial charge is 0.388 e. The van der Waals surface area contributed by atoms with Crippen molar-refractivity contribution in [2.24, 2.45) is 0 Å². The molecule has 0 saturated heterocycles. The molecule has 1 N–H and O–H groups in total. The fourth-order valence-corrected chi connectivity index (χ4v) is 3.64. The summed E-state index contributed by atoms with van der Waals surface area (Å²) < 4.78 is 4.02. The molecule has 7 heteroatoms. The number of hydrogen-bond donors (Lipinski definition) is 1. The quantitative estimate of drug-likeness (QED) is 0.592. The Morgan fingerprint density at radius 1 is 1.26 bits per heavy atom. The molecule has 0 aromatic carbocycles. The van der Waals surface area contributed by atoms with Crippen LogP contribution in [0, 0.1) is 13.8 Å². The number of aliphatic hydroxyl groups is 1. The maximum atomic E-state index is 12.5. The molecule has 0 fully saturated rings. The minimum absolute atomic E-state index is 0.0967. The Balaban J connectivity index is 2.12. The number of Topliss-reactive ketones (excluding diaryl/α,β-unsaturated/α-hetero) is 1. The highest BCUT2D eigenvalue weighted by Gasteiger charge is 2.17. The zero-order valence-electron chi connectivity index (χ0n) is 14.2. The van der Waals surface area contributed by atoms with Gasteiger partial charge in [-0.2, -0.15) is 0 Å². The molecule has 0 saturated carbocycles. The highest BCUT2D eigenvalue weighted by atomic mass is 32.2. The molecule has 126 valence electrons. The lowest BCUT2D eigenvalue weighted by atomic mass is 10.2. The third-order valence-electron chi connectivity index (χ3n) is 3.90. The van der Waals surface area contributed by atoms with E-state index in [2.05, 4.69) is 28.6 Å². The van der Waals surface area contributed by atoms with Crippen LogP contribution in [-0.2, 0) is 19.7 Å². The van der Waals surface area contributed by atoms with Crippen molar-refractivity contribution in [2.75, 3.05) is 5.75 Å². The highest BCUT2D eigenvalue weighted by molar-refractivity contribution is 7.99. The molecule has 0 bridgehead atoms. The lowest BCUT2D eigenvalue weighted by molar-refractivity contribution is 0.102. The van der Waals surface area contributed by atoms with Crippen molar-refractivity contribution in [3.05, 3.63) is 28.8 Å². The first-order valence-electron chi connectivity index (χ1n) is 7.89. The minimum Gasteiger partial charge on any atom is -0.388 e. The Bertz CT molecular complexity index is 691. The first-order chi connectivity index (χ1) is 11.0. The standard InChI is InChI=1S/C16H24N4O2S/c1-5-7-20-15(9-21)17-18-16(20)23-10-14(22)13-8-11(3)19(6-2)12(13)4/h8,21H,5-7,9-10H2,1-4H3. The van der Waals surface area contributed by atoms with E-state index in [-0.39, 0.29) is 12.4 Å². The topological polar surface area (TPSA) is 72.9 Å². The first-order valence-corrected chi connectivity index (χ1v) is 8.87. The van der Waals surface area contributed by atoms with Crippen molar-refractivity contribution < 1.29 is 9.90 Å². The van der Waals surface area contributed by atoms with Gasteiger partial charge in [0.05, 0.1) is 5.75 Å². The Labute approximate surface area is 140 Å². The summed E-state index contributed by atoms with van der Waals surface area (Å²) in [6.45, 7) is 9.60. The van der Waals surface area contributed by atoms with Gasteiger partial charge in [-0.15, -0.1) is 10.2 Å². The molecule has 0 aliphatic carbocycles. The minimum atomic E-state index is -0.140. The summed E-state index contributed by atoms with van der Waals surface area (Å²) in [4.78, 5) is 12.5. The molecule has 0 radical (unpaired) electrons. The number of carbonyl (C=O) groups excluding carboxylic acids is 1. The summed E-state index contributed by atoms with van der Waals surface area (Å²) in [5.74, 6) is 0.965. The molecular weight excluding hydrogens is 312 g/mol. The molecule has 2 aromatic rings. The van der Waals surface area contributed by atoms with Crippen molar-refractivity contribution in [3.8, 4) is 0 Å². The van der Waals surface area contributed by atoms with Gasteiger partial charge in [0.1, 0.15) is 6.61 Å². The van der Waals surface area contributed by atoms with E-state index in [1.54, 1.807) is 0 Å². The number of aliphatic hydroxyl groups excluding tert-OH is 1. The number of nitrogens with zero attached hydrogens (tertiary/aromatic N) is 4. The zero-order valence-corrected chi connectivity index (χ0v) is 15.0. The maximum absolute atomic E-state index is 12.5. The van der Waals surface area contributed by atoms with Crippen molar-refractivity contribution in [1.29, 1.82) is 0 Å². The number of carbonyl (C=O) groups is 1. The second-order valence-corrected chi connectivity index (χ2v) is 6.39. The monoisotopic (exact) mass is 336 g/mol. The first kappa shape index (κ1) is 17.7. The third kappa shape index (κ3) is 3.67. The van der Waals surface area contributed by atoms with Gasteiger partial charge in [0.2, 0.25) is 0 Å². The van der Waals surface area contributed by atoms with Crippen LogP contribution in [-0.4, -0.2) is 36.0 Å². The van der Waals surface area contributed by atoms with Gasteiger partial charge in [0, 0.05) is 30.0 Å². The van der Waals surface area contributed by atoms with Gasteiger partial charge < -0.3 is 14.2 Å². The second-order valence-electron chi connectivity index (χ2n) is 5.45. The molecule has 0 spiro atoms. The van der Waals surface area contributed by atoms with E-state index in [9.17, 15) is 9.90 Å². The summed E-state index contributed by atoms with van der Waals surface area (Å²) in [6.07, 6.45) is 0.921. The van der Waals surface area contributed by atoms with E-state index >= 15 is 0 Å². The predicted molar refractivity (Wildman–Crippen MR) is 90.9 cm³/mol. The molecule has 2 heterocycles. The normalized spacial score (nSPS) is 11.2. The Morgan fingerprint density at radius 3 is 2.57 bits per heavy atom. The van der Waals surface area contributed by atoms with Gasteiger partial charge in [0.25, 0.3) is 0 Å². The summed E-state index contributed by atoms with van der Waals surface area (Å²) in [6, 6.07) is 1.96. The summed E-state index contributed by atoms with van der Waals surface area (Å²) in [5, 5.41) is 18.1. The van der Waals surface area contributed by atoms with E-state index in [4.69, 9.17) is 0 Å². The molecule has 0 aliphatic rings. The van der Waals surface area contributed by atoms with Crippen molar-refractivity contribution >= 4 is 17.5 Å². The highest BCUT2D eigenvalue weighted by Crippen LogP contribution is 2.22. The van der Waals surface area contributed by atoms with Crippen LogP contribution in [0.5, 0.6) is 0 Å². The fourth-order valence-electron chi connectivity index (χ4n) is 2.77. The number of aromatic nitrogens is 4. The molecule has 23 heavy (non-hydrogen) atoms. The van der Waals surface area contributed by atoms with Crippen LogP contribution in [0.15, 0.2) is 11.2 Å². The van der Waals surface area contributed by atoms with Gasteiger partial charge in [0.15, 0.2) is 16.8 Å². The van der Waals surface area contributed by atoms with E-state index in [0.717, 1.165) is 36.5 Å². The predicted octanol–water partition coefficient (Wildman–Crippen LogP) is 2.59. The van der Waals surface area contributed by atoms with Gasteiger partial charge in [-0.05, 0) is 33.3 Å². The van der Waals surface area contributed by atoms with Crippen LogP contribution in [0.4, 0.5) is 0 Å². The van der Waals surface area contributed by atoms with Crippen molar-refractivity contribution in [3.63, 3.8) is 0 Å². The molecule has 0 unspecified atom stereocenters. The van der Waals surface area contributed by atoms with Gasteiger partial charge in [-0.3, -0.25) is 4.79 Å². The van der Waals surface area contributed by atoms with E-state index in [0.29, 0.717) is 16.7 Å². The number of hydrogen-bond acceptors (Lipinski definition) is 5. The molecule has 2 aromatic heterocycles. The Kier molecular flexibility index (Phi) is 6.01. The number of rotatable bonds is 8. The fraction of sp³-hybridized carbons (Fsp3) is 0.562. The molecule has 0 atom stereocenters. The smallest absolute Gasteiger partial charge is 0.191 e. The number of ketones is 1. The van der Waals surface area contributed by atoms with Crippen molar-refractivity contribution in [1.82, 2.24) is 19.3 Å². The Hall–Kier alpha value is -1.60. The van der Waals surface area contributed by atoms with Crippen LogP contribution in [0.2, 0.25) is 0 Å². The summed E-state index contributed by atoms with van der Waals surface area (Å²) >= 11 is 1.38. The third-order valence-corrected chi connectivity index (χ3v) is 4.87. The SMILES string of the molecule is CCCn1c(CO)nnc1SCC(=O)c1cc(C)n(CC)c1C. The lowest BCUT2D eigenvalue weighted by Gasteiger charge is -2.07. The van der Waals surface area contributed by atoms with Gasteiger partial charge in [-0.1, -0.05) is 18.7 Å². The van der Waals surface area contributed by atoms with Crippen LogP contribution < -0.4 is 0 Å². The number of thioether (sulfide) groups is 1. The van der Waals surface area contributed by atoms with Gasteiger partial charge in [-0.25, -0.2) is 0 Å². The van der Waals surface area contributed by atoms with E-state index < -0.39 is 0 Å². The second kappa shape index (κ2) is 7.79. The van der Waals surface area contributed by atoms with E-state index in [1.807, 2.05) is 24.5 Å². The lowest BCUT2D eigenvalue weighted by Crippen LogP contribution is -2.08. The molecule has 6 nitrogen and oxygen atoms in total.